The van der Waals surface area contributed by atoms with Crippen molar-refractivity contribution in [1.29, 1.82) is 0 Å². The van der Waals surface area contributed by atoms with Crippen molar-refractivity contribution in [3.05, 3.63) is 80.1 Å². The fourth-order valence-electron chi connectivity index (χ4n) is 4.36. The number of aryl methyl sites for hydroxylation is 1. The van der Waals surface area contributed by atoms with Crippen LogP contribution in [0, 0.1) is 6.92 Å². The van der Waals surface area contributed by atoms with E-state index in [0.717, 1.165) is 12.1 Å². The van der Waals surface area contributed by atoms with Crippen molar-refractivity contribution in [2.24, 2.45) is 0 Å². The molecular weight excluding hydrogens is 525 g/mol. The van der Waals surface area contributed by atoms with E-state index in [1.165, 1.54) is 18.2 Å². The van der Waals surface area contributed by atoms with Crippen molar-refractivity contribution in [2.45, 2.75) is 55.8 Å². The lowest BCUT2D eigenvalue weighted by atomic mass is 9.91. The molecule has 0 atom stereocenters. The predicted octanol–water partition coefficient (Wildman–Crippen LogP) is 3.96. The summed E-state index contributed by atoms with van der Waals surface area (Å²) in [7, 11) is -4.07. The maximum atomic E-state index is 12.8. The minimum absolute atomic E-state index is 0.000142. The predicted molar refractivity (Wildman–Crippen MR) is 137 cm³/mol. The van der Waals surface area contributed by atoms with E-state index in [1.54, 1.807) is 25.1 Å². The van der Waals surface area contributed by atoms with Gasteiger partial charge >= 0.3 is 12.2 Å². The zero-order chi connectivity index (χ0) is 27.7. The van der Waals surface area contributed by atoms with Crippen LogP contribution in [0.5, 0.6) is 0 Å². The van der Waals surface area contributed by atoms with Crippen molar-refractivity contribution in [1.82, 2.24) is 5.32 Å². The van der Waals surface area contributed by atoms with Crippen molar-refractivity contribution in [3.63, 3.8) is 0 Å². The monoisotopic (exact) mass is 550 g/mol. The fraction of sp³-hybridized carbons (Fsp3) is 0.320. The van der Waals surface area contributed by atoms with Crippen LogP contribution < -0.4 is 31.5 Å². The van der Waals surface area contributed by atoms with Crippen LogP contribution in [0.4, 0.5) is 35.0 Å². The largest absolute Gasteiger partial charge is 0.416 e. The highest BCUT2D eigenvalue weighted by molar-refractivity contribution is 7.92. The number of anilines is 3. The molecule has 9 nitrogen and oxygen atoms in total. The Labute approximate surface area is 216 Å². The highest BCUT2D eigenvalue weighted by Crippen LogP contribution is 2.30. The van der Waals surface area contributed by atoms with Gasteiger partial charge in [0.05, 0.1) is 10.5 Å². The van der Waals surface area contributed by atoms with Gasteiger partial charge in [-0.2, -0.15) is 13.2 Å². The maximum Gasteiger partial charge on any atom is 0.416 e. The number of alkyl halides is 3. The van der Waals surface area contributed by atoms with Crippen LogP contribution >= 0.6 is 0 Å². The summed E-state index contributed by atoms with van der Waals surface area (Å²) in [5, 5.41) is 8.23. The summed E-state index contributed by atoms with van der Waals surface area (Å²) in [5.74, 6) is 0. The normalized spacial score (nSPS) is 18.1. The molecular formula is C25H25F3N4O5S. The van der Waals surface area contributed by atoms with Gasteiger partial charge in [0.15, 0.2) is 0 Å². The molecule has 3 aromatic rings. The summed E-state index contributed by atoms with van der Waals surface area (Å²) in [6, 6.07) is 9.34. The topological polar surface area (TPSA) is 133 Å². The molecule has 13 heteroatoms. The number of urea groups is 1. The average Bonchev–Trinajstić information content (AvgIpc) is 2.86. The number of nitrogens with one attached hydrogen (secondary N) is 4. The van der Waals surface area contributed by atoms with E-state index in [4.69, 9.17) is 0 Å². The zero-order valence-electron chi connectivity index (χ0n) is 20.2. The number of carbonyl (C=O) groups excluding carboxylic acids is 1. The van der Waals surface area contributed by atoms with E-state index < -0.39 is 38.7 Å². The molecule has 0 unspecified atom stereocenters. The summed E-state index contributed by atoms with van der Waals surface area (Å²) in [5.41, 5.74) is -2.21. The van der Waals surface area contributed by atoms with E-state index in [2.05, 4.69) is 20.7 Å². The second kappa shape index (κ2) is 10.5. The first-order valence-electron chi connectivity index (χ1n) is 11.8. The minimum atomic E-state index is -4.47. The number of hydrogen-bond donors (Lipinski definition) is 4. The van der Waals surface area contributed by atoms with Gasteiger partial charge in [-0.1, -0.05) is 18.2 Å². The minimum Gasteiger partial charge on any atom is -0.377 e. The zero-order valence-corrected chi connectivity index (χ0v) is 21.0. The van der Waals surface area contributed by atoms with Crippen LogP contribution in [0.1, 0.15) is 36.8 Å². The molecule has 38 heavy (non-hydrogen) atoms. The maximum absolute atomic E-state index is 12.8. The van der Waals surface area contributed by atoms with Gasteiger partial charge in [-0.25, -0.2) is 13.2 Å². The Kier molecular flexibility index (Phi) is 7.49. The van der Waals surface area contributed by atoms with E-state index in [-0.39, 0.29) is 34.0 Å². The Morgan fingerprint density at radius 1 is 0.868 bits per heavy atom. The van der Waals surface area contributed by atoms with Gasteiger partial charge in [-0.3, -0.25) is 14.3 Å². The van der Waals surface area contributed by atoms with Gasteiger partial charge in [-0.15, -0.1) is 0 Å². The number of benzene rings is 2. The standard InChI is InChI=1S/C25H25F3N4O5S/c1-14-4-2-3-5-19(14)38(36,37)32-21-20(22(33)23(21)34)29-16-10-12-18(13-11-16)31-24(35)30-17-8-6-15(7-9-17)25(26,27)28/h2-9,16,18,29,32H,10-13H2,1H3,(H2,30,31,35). The van der Waals surface area contributed by atoms with E-state index in [0.29, 0.717) is 31.2 Å². The van der Waals surface area contributed by atoms with Gasteiger partial charge < -0.3 is 16.0 Å². The first-order valence-corrected chi connectivity index (χ1v) is 13.3. The Bertz CT molecular complexity index is 1510. The molecule has 1 aliphatic carbocycles. The molecule has 0 aromatic heterocycles. The number of rotatable bonds is 7. The molecule has 0 radical (unpaired) electrons. The summed E-state index contributed by atoms with van der Waals surface area (Å²) in [6.07, 6.45) is -2.37. The second-order valence-corrected chi connectivity index (χ2v) is 10.8. The third kappa shape index (κ3) is 5.98. The molecule has 1 fully saturated rings. The number of hydrogen-bond acceptors (Lipinski definition) is 6. The summed E-state index contributed by atoms with van der Waals surface area (Å²) in [4.78, 5) is 36.5. The van der Waals surface area contributed by atoms with Gasteiger partial charge in [0.25, 0.3) is 20.9 Å². The number of carbonyl (C=O) groups is 1. The summed E-state index contributed by atoms with van der Waals surface area (Å²) in [6.45, 7) is 1.62. The van der Waals surface area contributed by atoms with Crippen LogP contribution in [0.2, 0.25) is 0 Å². The van der Waals surface area contributed by atoms with Crippen LogP contribution in [-0.2, 0) is 16.2 Å². The fourth-order valence-corrected chi connectivity index (χ4v) is 5.68. The van der Waals surface area contributed by atoms with E-state index in [9.17, 15) is 36.0 Å². The molecule has 4 N–H and O–H groups in total. The van der Waals surface area contributed by atoms with Gasteiger partial charge in [0, 0.05) is 17.8 Å². The van der Waals surface area contributed by atoms with Crippen LogP contribution in [-0.4, -0.2) is 26.5 Å². The van der Waals surface area contributed by atoms with Crippen molar-refractivity contribution < 1.29 is 26.4 Å². The van der Waals surface area contributed by atoms with Crippen LogP contribution in [0.3, 0.4) is 0 Å². The molecule has 0 aliphatic heterocycles. The van der Waals surface area contributed by atoms with Crippen molar-refractivity contribution >= 4 is 33.1 Å². The molecule has 0 heterocycles. The Hall–Kier alpha value is -3.87. The quantitative estimate of drug-likeness (QED) is 0.329. The lowest BCUT2D eigenvalue weighted by molar-refractivity contribution is -0.137. The average molecular weight is 551 g/mol. The number of amides is 2. The van der Waals surface area contributed by atoms with E-state index >= 15 is 0 Å². The van der Waals surface area contributed by atoms with E-state index in [1.807, 2.05) is 0 Å². The smallest absolute Gasteiger partial charge is 0.377 e. The third-order valence-corrected chi connectivity index (χ3v) is 7.92. The Balaban J connectivity index is 1.30. The van der Waals surface area contributed by atoms with Gasteiger partial charge in [0.1, 0.15) is 11.4 Å². The highest BCUT2D eigenvalue weighted by Gasteiger charge is 2.31. The molecule has 0 bridgehead atoms. The Morgan fingerprint density at radius 2 is 1.45 bits per heavy atom. The van der Waals surface area contributed by atoms with Gasteiger partial charge in [-0.05, 0) is 68.5 Å². The summed E-state index contributed by atoms with van der Waals surface area (Å²) >= 11 is 0. The SMILES string of the molecule is Cc1ccccc1S(=O)(=O)Nc1c(NC2CCC(NC(=O)Nc3ccc(C(F)(F)F)cc3)CC2)c(=O)c1=O. The molecule has 0 saturated heterocycles. The van der Waals surface area contributed by atoms with Crippen molar-refractivity contribution in [3.8, 4) is 0 Å². The molecule has 0 spiro atoms. The number of sulfonamides is 1. The van der Waals surface area contributed by atoms with Crippen LogP contribution in [0.25, 0.3) is 0 Å². The van der Waals surface area contributed by atoms with Crippen molar-refractivity contribution in [2.75, 3.05) is 15.4 Å². The number of halogens is 3. The van der Waals surface area contributed by atoms with Gasteiger partial charge in [0.2, 0.25) is 0 Å². The highest BCUT2D eigenvalue weighted by atomic mass is 32.2. The lowest BCUT2D eigenvalue weighted by Crippen LogP contribution is -2.44. The molecule has 4 rings (SSSR count). The first kappa shape index (κ1) is 27.2. The molecule has 1 aliphatic rings. The Morgan fingerprint density at radius 3 is 2.05 bits per heavy atom. The first-order chi connectivity index (χ1) is 17.8. The summed E-state index contributed by atoms with van der Waals surface area (Å²) < 4.78 is 65.8. The van der Waals surface area contributed by atoms with Crippen LogP contribution in [0.15, 0.2) is 63.0 Å². The molecule has 1 saturated carbocycles. The second-order valence-electron chi connectivity index (χ2n) is 9.15. The lowest BCUT2D eigenvalue weighted by Gasteiger charge is -2.31. The molecule has 2 amide bonds. The molecule has 3 aromatic carbocycles. The third-order valence-electron chi connectivity index (χ3n) is 6.41. The molecule has 202 valence electrons.